The van der Waals surface area contributed by atoms with Crippen LogP contribution in [0.3, 0.4) is 0 Å². The third-order valence-electron chi connectivity index (χ3n) is 4.97. The van der Waals surface area contributed by atoms with Crippen LogP contribution in [0.25, 0.3) is 0 Å². The Morgan fingerprint density at radius 1 is 1.25 bits per heavy atom. The largest absolute Gasteiger partial charge is 0.122 e. The van der Waals surface area contributed by atoms with Gasteiger partial charge in [0, 0.05) is 15.0 Å². The average Bonchev–Trinajstić information content (AvgIpc) is 2.85. The molecule has 4 unspecified atom stereocenters. The van der Waals surface area contributed by atoms with Crippen molar-refractivity contribution >= 4 is 27.7 Å². The minimum Gasteiger partial charge on any atom is -0.122 e. The Morgan fingerprint density at radius 3 is 2.90 bits per heavy atom. The highest BCUT2D eigenvalue weighted by atomic mass is 79.9. The number of thioether (sulfide) groups is 1. The zero-order chi connectivity index (χ0) is 13.9. The Bertz CT molecular complexity index is 420. The summed E-state index contributed by atoms with van der Waals surface area (Å²) in [7, 11) is 0. The van der Waals surface area contributed by atoms with Gasteiger partial charge in [0.2, 0.25) is 0 Å². The predicted octanol–water partition coefficient (Wildman–Crippen LogP) is 6.07. The zero-order valence-electron chi connectivity index (χ0n) is 12.4. The molecule has 4 atom stereocenters. The fraction of sp³-hybridized carbons (Fsp3) is 0.667. The molecule has 0 radical (unpaired) electrons. The van der Waals surface area contributed by atoms with Crippen LogP contribution in [0.2, 0.25) is 0 Å². The summed E-state index contributed by atoms with van der Waals surface area (Å²) in [5.74, 6) is 1.89. The lowest BCUT2D eigenvalue weighted by atomic mass is 9.77. The van der Waals surface area contributed by atoms with Gasteiger partial charge < -0.3 is 0 Å². The SMILES string of the molecule is CCCC1CCC(Br)C(CC2Cc3ccccc3S2)C1. The first-order valence-electron chi connectivity index (χ1n) is 8.15. The molecule has 0 saturated heterocycles. The molecule has 0 aromatic heterocycles. The van der Waals surface area contributed by atoms with Crippen LogP contribution in [-0.4, -0.2) is 10.1 Å². The first kappa shape index (κ1) is 15.0. The molecule has 1 aromatic rings. The number of hydrogen-bond acceptors (Lipinski definition) is 1. The van der Waals surface area contributed by atoms with Crippen molar-refractivity contribution in [2.24, 2.45) is 11.8 Å². The highest BCUT2D eigenvalue weighted by molar-refractivity contribution is 9.09. The lowest BCUT2D eigenvalue weighted by Gasteiger charge is -2.34. The van der Waals surface area contributed by atoms with Crippen molar-refractivity contribution in [3.8, 4) is 0 Å². The maximum atomic E-state index is 3.97. The van der Waals surface area contributed by atoms with Gasteiger partial charge >= 0.3 is 0 Å². The van der Waals surface area contributed by atoms with Gasteiger partial charge in [-0.05, 0) is 55.6 Å². The minimum absolute atomic E-state index is 0.764. The summed E-state index contributed by atoms with van der Waals surface area (Å²) in [6.45, 7) is 2.33. The van der Waals surface area contributed by atoms with Gasteiger partial charge in [-0.3, -0.25) is 0 Å². The van der Waals surface area contributed by atoms with Gasteiger partial charge in [-0.25, -0.2) is 0 Å². The van der Waals surface area contributed by atoms with Crippen molar-refractivity contribution in [1.82, 2.24) is 0 Å². The van der Waals surface area contributed by atoms with Gasteiger partial charge in [0.1, 0.15) is 0 Å². The van der Waals surface area contributed by atoms with E-state index in [9.17, 15) is 0 Å². The number of benzene rings is 1. The van der Waals surface area contributed by atoms with E-state index < -0.39 is 0 Å². The Hall–Kier alpha value is 0.0500. The molecule has 2 aliphatic rings. The van der Waals surface area contributed by atoms with Gasteiger partial charge in [-0.2, -0.15) is 0 Å². The van der Waals surface area contributed by atoms with E-state index >= 15 is 0 Å². The van der Waals surface area contributed by atoms with E-state index in [0.29, 0.717) is 0 Å². The van der Waals surface area contributed by atoms with Crippen LogP contribution >= 0.6 is 27.7 Å². The summed E-state index contributed by atoms with van der Waals surface area (Å²) in [4.78, 5) is 2.30. The van der Waals surface area contributed by atoms with Gasteiger partial charge in [0.15, 0.2) is 0 Å². The third kappa shape index (κ3) is 3.44. The molecule has 1 heterocycles. The van der Waals surface area contributed by atoms with Gasteiger partial charge in [-0.15, -0.1) is 11.8 Å². The summed E-state index contributed by atoms with van der Waals surface area (Å²) in [6, 6.07) is 8.98. The summed E-state index contributed by atoms with van der Waals surface area (Å²) in [5.41, 5.74) is 1.58. The second-order valence-electron chi connectivity index (χ2n) is 6.53. The van der Waals surface area contributed by atoms with Crippen molar-refractivity contribution in [3.05, 3.63) is 29.8 Å². The van der Waals surface area contributed by atoms with Crippen LogP contribution < -0.4 is 0 Å². The molecule has 0 N–H and O–H groups in total. The molecule has 1 saturated carbocycles. The van der Waals surface area contributed by atoms with Crippen molar-refractivity contribution in [3.63, 3.8) is 0 Å². The monoisotopic (exact) mass is 352 g/mol. The first-order chi connectivity index (χ1) is 9.76. The van der Waals surface area contributed by atoms with E-state index in [4.69, 9.17) is 0 Å². The second kappa shape index (κ2) is 6.87. The maximum absolute atomic E-state index is 3.97. The number of rotatable bonds is 4. The average molecular weight is 353 g/mol. The van der Waals surface area contributed by atoms with Crippen LogP contribution in [0.4, 0.5) is 0 Å². The quantitative estimate of drug-likeness (QED) is 0.592. The number of fused-ring (bicyclic) bond motifs is 1. The van der Waals surface area contributed by atoms with Gasteiger partial charge in [0.25, 0.3) is 0 Å². The highest BCUT2D eigenvalue weighted by Crippen LogP contribution is 2.44. The molecule has 1 aromatic carbocycles. The maximum Gasteiger partial charge on any atom is 0.0174 e. The molecule has 0 bridgehead atoms. The molecule has 20 heavy (non-hydrogen) atoms. The van der Waals surface area contributed by atoms with E-state index in [0.717, 1.165) is 21.9 Å². The molecular weight excluding hydrogens is 328 g/mol. The Kier molecular flexibility index (Phi) is 5.14. The van der Waals surface area contributed by atoms with Crippen molar-refractivity contribution in [2.75, 3.05) is 0 Å². The first-order valence-corrected chi connectivity index (χ1v) is 9.94. The van der Waals surface area contributed by atoms with E-state index in [1.54, 1.807) is 5.56 Å². The number of alkyl halides is 1. The lowest BCUT2D eigenvalue weighted by Crippen LogP contribution is -2.27. The summed E-state index contributed by atoms with van der Waals surface area (Å²) in [5, 5.41) is 0.817. The molecule has 2 heteroatoms. The third-order valence-corrected chi connectivity index (χ3v) is 7.52. The second-order valence-corrected chi connectivity index (χ2v) is 9.05. The fourth-order valence-corrected chi connectivity index (χ4v) is 6.08. The molecular formula is C18H25BrS. The molecule has 3 rings (SSSR count). The van der Waals surface area contributed by atoms with Crippen LogP contribution in [0.1, 0.15) is 51.0 Å². The highest BCUT2D eigenvalue weighted by Gasteiger charge is 2.32. The summed E-state index contributed by atoms with van der Waals surface area (Å²) >= 11 is 6.09. The topological polar surface area (TPSA) is 0 Å². The molecule has 0 spiro atoms. The van der Waals surface area contributed by atoms with Crippen molar-refractivity contribution in [2.45, 2.75) is 66.8 Å². The van der Waals surface area contributed by atoms with Crippen LogP contribution in [-0.2, 0) is 6.42 Å². The summed E-state index contributed by atoms with van der Waals surface area (Å²) in [6.07, 6.45) is 9.77. The fourth-order valence-electron chi connectivity index (χ4n) is 3.96. The Morgan fingerprint density at radius 2 is 2.10 bits per heavy atom. The summed E-state index contributed by atoms with van der Waals surface area (Å²) < 4.78 is 0. The zero-order valence-corrected chi connectivity index (χ0v) is 14.8. The van der Waals surface area contributed by atoms with Crippen LogP contribution in [0.5, 0.6) is 0 Å². The molecule has 1 aliphatic carbocycles. The van der Waals surface area contributed by atoms with Gasteiger partial charge in [-0.1, -0.05) is 53.9 Å². The van der Waals surface area contributed by atoms with Crippen LogP contribution in [0.15, 0.2) is 29.2 Å². The Labute approximate surface area is 136 Å². The molecule has 1 aliphatic heterocycles. The number of hydrogen-bond donors (Lipinski definition) is 0. The molecule has 0 amide bonds. The van der Waals surface area contributed by atoms with Gasteiger partial charge in [0.05, 0.1) is 0 Å². The molecule has 110 valence electrons. The smallest absolute Gasteiger partial charge is 0.0174 e. The molecule has 1 fully saturated rings. The predicted molar refractivity (Wildman–Crippen MR) is 92.9 cm³/mol. The van der Waals surface area contributed by atoms with E-state index in [1.165, 1.54) is 49.8 Å². The van der Waals surface area contributed by atoms with E-state index in [-0.39, 0.29) is 0 Å². The standard InChI is InChI=1S/C18H25BrS/c1-2-5-13-8-9-17(19)15(10-13)12-16-11-14-6-3-4-7-18(14)20-16/h3-4,6-7,13,15-17H,2,5,8-12H2,1H3. The number of halogens is 1. The van der Waals surface area contributed by atoms with Crippen LogP contribution in [0, 0.1) is 11.8 Å². The molecule has 0 nitrogen and oxygen atoms in total. The van der Waals surface area contributed by atoms with E-state index in [1.807, 2.05) is 0 Å². The van der Waals surface area contributed by atoms with Crippen molar-refractivity contribution in [1.29, 1.82) is 0 Å². The lowest BCUT2D eigenvalue weighted by molar-refractivity contribution is 0.253. The Balaban J connectivity index is 1.58. The minimum atomic E-state index is 0.764. The van der Waals surface area contributed by atoms with E-state index in [2.05, 4.69) is 58.9 Å². The normalized spacial score (nSPS) is 33.1. The van der Waals surface area contributed by atoms with Crippen molar-refractivity contribution < 1.29 is 0 Å².